The summed E-state index contributed by atoms with van der Waals surface area (Å²) in [5.41, 5.74) is 0. The molecule has 1 nitrogen and oxygen atoms in total. The summed E-state index contributed by atoms with van der Waals surface area (Å²) in [5.74, 6) is 0.869. The minimum absolute atomic E-state index is 0.112. The van der Waals surface area contributed by atoms with Gasteiger partial charge in [-0.1, -0.05) is 78.1 Å². The molecule has 0 aliphatic carbocycles. The average Bonchev–Trinajstić information content (AvgIpc) is 2.35. The van der Waals surface area contributed by atoms with Gasteiger partial charge in [-0.05, 0) is 25.7 Å². The number of hydrogen-bond donors (Lipinski definition) is 1. The number of aliphatic hydroxyl groups is 1. The highest BCUT2D eigenvalue weighted by Crippen LogP contribution is 2.23. The zero-order valence-corrected chi connectivity index (χ0v) is 13.1. The van der Waals surface area contributed by atoms with Crippen molar-refractivity contribution in [2.45, 2.75) is 104 Å². The molecular formula is C17H36O. The van der Waals surface area contributed by atoms with E-state index in [4.69, 9.17) is 0 Å². The van der Waals surface area contributed by atoms with Gasteiger partial charge in [0, 0.05) is 0 Å². The summed E-state index contributed by atoms with van der Waals surface area (Å²) in [5, 5.41) is 9.42. The molecule has 0 aliphatic rings. The molecule has 110 valence electrons. The molecule has 0 radical (unpaired) electrons. The van der Waals surface area contributed by atoms with E-state index >= 15 is 0 Å². The van der Waals surface area contributed by atoms with Crippen LogP contribution in [0.5, 0.6) is 0 Å². The Hall–Kier alpha value is -0.0400. The van der Waals surface area contributed by atoms with Crippen molar-refractivity contribution in [3.63, 3.8) is 0 Å². The van der Waals surface area contributed by atoms with E-state index < -0.39 is 0 Å². The molecule has 0 aliphatic heterocycles. The van der Waals surface area contributed by atoms with Gasteiger partial charge in [-0.3, -0.25) is 0 Å². The second-order valence-electron chi connectivity index (χ2n) is 5.99. The summed E-state index contributed by atoms with van der Waals surface area (Å²) in [6.45, 7) is 6.47. The van der Waals surface area contributed by atoms with Gasteiger partial charge in [-0.2, -0.15) is 0 Å². The van der Waals surface area contributed by atoms with Crippen LogP contribution < -0.4 is 0 Å². The first-order valence-corrected chi connectivity index (χ1v) is 8.38. The average molecular weight is 256 g/mol. The molecule has 1 heteroatoms. The molecule has 0 heterocycles. The van der Waals surface area contributed by atoms with Crippen molar-refractivity contribution in [3.8, 4) is 0 Å². The molecule has 1 N–H and O–H groups in total. The van der Waals surface area contributed by atoms with Gasteiger partial charge in [0.05, 0.1) is 6.10 Å². The van der Waals surface area contributed by atoms with E-state index in [1.54, 1.807) is 0 Å². The monoisotopic (exact) mass is 256 g/mol. The van der Waals surface area contributed by atoms with Gasteiger partial charge in [-0.15, -0.1) is 0 Å². The molecule has 1 atom stereocenters. The van der Waals surface area contributed by atoms with Crippen LogP contribution in [-0.4, -0.2) is 11.2 Å². The summed E-state index contributed by atoms with van der Waals surface area (Å²) in [7, 11) is 0. The van der Waals surface area contributed by atoms with E-state index in [2.05, 4.69) is 13.8 Å². The number of unbranched alkanes of at least 4 members (excludes halogenated alkanes) is 6. The molecule has 0 bridgehead atoms. The summed E-state index contributed by atoms with van der Waals surface area (Å²) < 4.78 is 0. The third kappa shape index (κ3) is 12.4. The highest BCUT2D eigenvalue weighted by atomic mass is 16.3. The smallest absolute Gasteiger partial charge is 0.0512 e. The Labute approximate surface area is 115 Å². The van der Waals surface area contributed by atoms with Gasteiger partial charge >= 0.3 is 0 Å². The van der Waals surface area contributed by atoms with Crippen molar-refractivity contribution in [1.82, 2.24) is 0 Å². The van der Waals surface area contributed by atoms with Gasteiger partial charge in [0.1, 0.15) is 0 Å². The Morgan fingerprint density at radius 3 is 1.56 bits per heavy atom. The van der Waals surface area contributed by atoms with Crippen LogP contribution in [0.2, 0.25) is 0 Å². The zero-order chi connectivity index (χ0) is 13.6. The van der Waals surface area contributed by atoms with Crippen LogP contribution in [-0.2, 0) is 0 Å². The maximum atomic E-state index is 9.42. The summed E-state index contributed by atoms with van der Waals surface area (Å²) in [6, 6.07) is 0. The minimum atomic E-state index is -0.112. The highest BCUT2D eigenvalue weighted by Gasteiger charge is 2.09. The van der Waals surface area contributed by atoms with Crippen molar-refractivity contribution < 1.29 is 5.11 Å². The standard InChI is InChI=1S/C17H36O/c1-4-6-8-10-12-17(15-14-16(3)18)13-11-9-7-5-2/h16-18H,4-15H2,1-3H3. The number of rotatable bonds is 13. The van der Waals surface area contributed by atoms with Crippen LogP contribution in [0.15, 0.2) is 0 Å². The first-order valence-electron chi connectivity index (χ1n) is 8.38. The fourth-order valence-electron chi connectivity index (χ4n) is 2.63. The van der Waals surface area contributed by atoms with Crippen molar-refractivity contribution in [1.29, 1.82) is 0 Å². The summed E-state index contributed by atoms with van der Waals surface area (Å²) >= 11 is 0. The van der Waals surface area contributed by atoms with E-state index in [1.165, 1.54) is 70.6 Å². The Morgan fingerprint density at radius 2 is 1.17 bits per heavy atom. The second kappa shape index (κ2) is 13.4. The Bertz CT molecular complexity index is 142. The second-order valence-corrected chi connectivity index (χ2v) is 5.99. The molecule has 18 heavy (non-hydrogen) atoms. The first-order chi connectivity index (χ1) is 8.70. The lowest BCUT2D eigenvalue weighted by Crippen LogP contribution is -2.07. The van der Waals surface area contributed by atoms with E-state index in [1.807, 2.05) is 6.92 Å². The lowest BCUT2D eigenvalue weighted by molar-refractivity contribution is 0.170. The van der Waals surface area contributed by atoms with E-state index in [-0.39, 0.29) is 6.10 Å². The zero-order valence-electron chi connectivity index (χ0n) is 13.1. The molecule has 1 unspecified atom stereocenters. The molecule has 0 aromatic heterocycles. The molecule has 0 rings (SSSR count). The van der Waals surface area contributed by atoms with Crippen LogP contribution >= 0.6 is 0 Å². The largest absolute Gasteiger partial charge is 0.393 e. The van der Waals surface area contributed by atoms with Crippen LogP contribution in [0.25, 0.3) is 0 Å². The van der Waals surface area contributed by atoms with Crippen LogP contribution in [0, 0.1) is 5.92 Å². The fraction of sp³-hybridized carbons (Fsp3) is 1.00. The number of hydrogen-bond acceptors (Lipinski definition) is 1. The van der Waals surface area contributed by atoms with E-state index in [9.17, 15) is 5.11 Å². The molecular weight excluding hydrogens is 220 g/mol. The van der Waals surface area contributed by atoms with Crippen molar-refractivity contribution >= 4 is 0 Å². The molecule has 0 saturated heterocycles. The molecule has 0 aromatic rings. The van der Waals surface area contributed by atoms with Gasteiger partial charge in [-0.25, -0.2) is 0 Å². The molecule has 0 amide bonds. The highest BCUT2D eigenvalue weighted by molar-refractivity contribution is 4.63. The van der Waals surface area contributed by atoms with E-state index in [0.717, 1.165) is 12.3 Å². The van der Waals surface area contributed by atoms with Crippen LogP contribution in [0.3, 0.4) is 0 Å². The molecule has 0 spiro atoms. The Kier molecular flexibility index (Phi) is 13.4. The van der Waals surface area contributed by atoms with E-state index in [0.29, 0.717) is 0 Å². The number of aliphatic hydroxyl groups excluding tert-OH is 1. The molecule has 0 fully saturated rings. The SMILES string of the molecule is CCCCCCC(CCCCCC)CCC(C)O. The summed E-state index contributed by atoms with van der Waals surface area (Å²) in [4.78, 5) is 0. The van der Waals surface area contributed by atoms with Gasteiger partial charge < -0.3 is 5.11 Å². The van der Waals surface area contributed by atoms with Crippen molar-refractivity contribution in [2.24, 2.45) is 5.92 Å². The fourth-order valence-corrected chi connectivity index (χ4v) is 2.63. The predicted octanol–water partition coefficient (Wildman–Crippen LogP) is 5.70. The third-order valence-corrected chi connectivity index (χ3v) is 3.92. The first kappa shape index (κ1) is 18.0. The molecule has 0 aromatic carbocycles. The lowest BCUT2D eigenvalue weighted by atomic mass is 9.90. The Balaban J connectivity index is 3.69. The van der Waals surface area contributed by atoms with Crippen LogP contribution in [0.1, 0.15) is 97.8 Å². The van der Waals surface area contributed by atoms with Crippen LogP contribution in [0.4, 0.5) is 0 Å². The van der Waals surface area contributed by atoms with Gasteiger partial charge in [0.2, 0.25) is 0 Å². The quantitative estimate of drug-likeness (QED) is 0.419. The maximum Gasteiger partial charge on any atom is 0.0512 e. The van der Waals surface area contributed by atoms with Gasteiger partial charge in [0.15, 0.2) is 0 Å². The third-order valence-electron chi connectivity index (χ3n) is 3.92. The minimum Gasteiger partial charge on any atom is -0.393 e. The maximum absolute atomic E-state index is 9.42. The topological polar surface area (TPSA) is 20.2 Å². The predicted molar refractivity (Wildman–Crippen MR) is 81.9 cm³/mol. The lowest BCUT2D eigenvalue weighted by Gasteiger charge is -2.17. The molecule has 0 saturated carbocycles. The summed E-state index contributed by atoms with van der Waals surface area (Å²) in [6.07, 6.45) is 15.9. The Morgan fingerprint density at radius 1 is 0.667 bits per heavy atom. The van der Waals surface area contributed by atoms with Crippen molar-refractivity contribution in [2.75, 3.05) is 0 Å². The normalized spacial score (nSPS) is 13.2. The van der Waals surface area contributed by atoms with Crippen molar-refractivity contribution in [3.05, 3.63) is 0 Å². The van der Waals surface area contributed by atoms with Gasteiger partial charge in [0.25, 0.3) is 0 Å².